The minimum atomic E-state index is -5.16. The maximum absolute atomic E-state index is 14.6. The number of hydrazine groups is 1. The van der Waals surface area contributed by atoms with Crippen LogP contribution >= 0.6 is 0 Å². The second-order valence-corrected chi connectivity index (χ2v) is 9.41. The van der Waals surface area contributed by atoms with Crippen molar-refractivity contribution in [3.8, 4) is 0 Å². The number of halogens is 5. The van der Waals surface area contributed by atoms with E-state index in [1.54, 1.807) is 18.2 Å². The Morgan fingerprint density at radius 1 is 1.20 bits per heavy atom. The Bertz CT molecular complexity index is 1300. The minimum absolute atomic E-state index is 0.0478. The van der Waals surface area contributed by atoms with E-state index in [2.05, 4.69) is 23.5 Å². The Kier molecular flexibility index (Phi) is 10.4. The van der Waals surface area contributed by atoms with Crippen LogP contribution in [0, 0.1) is 10.1 Å². The van der Waals surface area contributed by atoms with Crippen molar-refractivity contribution in [1.29, 1.82) is 0 Å². The SMILES string of the molecule is C=CCCC(C)(C)Nc1nc(C(=O)N(N)C(=O)C(OCc2ccccc2)C(F)(F)C=C)c([N+](=O)[O-])cc1C(F)(F)F. The molecule has 1 heterocycles. The summed E-state index contributed by atoms with van der Waals surface area (Å²) in [6, 6.07) is 7.82. The van der Waals surface area contributed by atoms with Gasteiger partial charge >= 0.3 is 23.7 Å². The van der Waals surface area contributed by atoms with Crippen molar-refractivity contribution in [2.75, 3.05) is 5.32 Å². The molecule has 0 spiro atoms. The number of amides is 2. The summed E-state index contributed by atoms with van der Waals surface area (Å²) in [6.07, 6.45) is -5.68. The molecular formula is C26H28F5N5O5. The minimum Gasteiger partial charge on any atom is -0.365 e. The molecule has 1 atom stereocenters. The highest BCUT2D eigenvalue weighted by Gasteiger charge is 2.47. The molecular weight excluding hydrogens is 557 g/mol. The average molecular weight is 586 g/mol. The summed E-state index contributed by atoms with van der Waals surface area (Å²) in [5.41, 5.74) is -5.06. The number of nitro groups is 1. The molecule has 222 valence electrons. The summed E-state index contributed by atoms with van der Waals surface area (Å²) >= 11 is 0. The van der Waals surface area contributed by atoms with Crippen molar-refractivity contribution in [3.05, 3.63) is 88.6 Å². The van der Waals surface area contributed by atoms with Crippen molar-refractivity contribution in [1.82, 2.24) is 9.99 Å². The number of carbonyl (C=O) groups excluding carboxylic acids is 2. The fourth-order valence-electron chi connectivity index (χ4n) is 3.50. The van der Waals surface area contributed by atoms with Gasteiger partial charge in [0, 0.05) is 11.6 Å². The lowest BCUT2D eigenvalue weighted by Crippen LogP contribution is -2.54. The molecule has 15 heteroatoms. The van der Waals surface area contributed by atoms with Crippen LogP contribution in [0.25, 0.3) is 0 Å². The number of benzene rings is 1. The summed E-state index contributed by atoms with van der Waals surface area (Å²) in [6.45, 7) is 8.96. The third kappa shape index (κ3) is 8.38. The predicted molar refractivity (Wildman–Crippen MR) is 139 cm³/mol. The standard InChI is InChI=1S/C26H28F5N5O5/c1-5-7-13-24(3,4)34-21-17(26(29,30)31)14-18(36(39)40)19(33-21)22(37)35(32)23(38)20(25(27,28)6-2)41-15-16-11-9-8-10-12-16/h5-6,8-12,14,20H,1-2,7,13,15,32H2,3-4H3,(H,33,34). The molecule has 0 aliphatic heterocycles. The number of imide groups is 1. The van der Waals surface area contributed by atoms with Crippen LogP contribution in [0.1, 0.15) is 48.3 Å². The normalized spacial score (nSPS) is 12.8. The summed E-state index contributed by atoms with van der Waals surface area (Å²) in [5.74, 6) is -3.21. The van der Waals surface area contributed by atoms with Gasteiger partial charge in [0.25, 0.3) is 5.91 Å². The van der Waals surface area contributed by atoms with E-state index in [4.69, 9.17) is 10.6 Å². The van der Waals surface area contributed by atoms with Gasteiger partial charge in [0.1, 0.15) is 11.4 Å². The molecule has 3 N–H and O–H groups in total. The Balaban J connectivity index is 2.57. The molecule has 0 saturated carbocycles. The van der Waals surface area contributed by atoms with Crippen LogP contribution in [0.3, 0.4) is 0 Å². The summed E-state index contributed by atoms with van der Waals surface area (Å²) in [7, 11) is 0. The molecule has 2 aromatic rings. The highest BCUT2D eigenvalue weighted by molar-refractivity contribution is 6.06. The lowest BCUT2D eigenvalue weighted by Gasteiger charge is -2.29. The molecule has 0 fully saturated rings. The van der Waals surface area contributed by atoms with Crippen molar-refractivity contribution >= 4 is 23.3 Å². The molecule has 1 unspecified atom stereocenters. The summed E-state index contributed by atoms with van der Waals surface area (Å²) in [5, 5.41) is 13.7. The topological polar surface area (TPSA) is 141 Å². The molecule has 0 bridgehead atoms. The van der Waals surface area contributed by atoms with Gasteiger partial charge in [-0.15, -0.1) is 6.58 Å². The summed E-state index contributed by atoms with van der Waals surface area (Å²) in [4.78, 5) is 39.9. The van der Waals surface area contributed by atoms with Gasteiger partial charge < -0.3 is 10.1 Å². The highest BCUT2D eigenvalue weighted by Crippen LogP contribution is 2.39. The molecule has 0 aliphatic carbocycles. The van der Waals surface area contributed by atoms with Gasteiger partial charge in [-0.05, 0) is 38.3 Å². The van der Waals surface area contributed by atoms with E-state index in [0.717, 1.165) is 0 Å². The zero-order chi connectivity index (χ0) is 31.2. The van der Waals surface area contributed by atoms with E-state index in [0.29, 0.717) is 12.0 Å². The van der Waals surface area contributed by atoms with E-state index in [-0.39, 0.29) is 18.6 Å². The average Bonchev–Trinajstić information content (AvgIpc) is 2.90. The molecule has 0 aliphatic rings. The summed E-state index contributed by atoms with van der Waals surface area (Å²) < 4.78 is 75.8. The maximum atomic E-state index is 14.6. The zero-order valence-corrected chi connectivity index (χ0v) is 22.1. The third-order valence-corrected chi connectivity index (χ3v) is 5.70. The number of nitrogens with zero attached hydrogens (tertiary/aromatic N) is 3. The van der Waals surface area contributed by atoms with E-state index >= 15 is 0 Å². The zero-order valence-electron chi connectivity index (χ0n) is 22.1. The first-order valence-corrected chi connectivity index (χ1v) is 11.9. The van der Waals surface area contributed by atoms with Crippen LogP contribution in [0.4, 0.5) is 33.5 Å². The van der Waals surface area contributed by atoms with Crippen LogP contribution in [-0.2, 0) is 22.3 Å². The van der Waals surface area contributed by atoms with E-state index in [1.165, 1.54) is 32.1 Å². The Labute approximate surface area is 231 Å². The molecule has 2 amide bonds. The van der Waals surface area contributed by atoms with Gasteiger partial charge in [0.15, 0.2) is 0 Å². The number of aromatic nitrogens is 1. The number of pyridine rings is 1. The number of hydrogen-bond donors (Lipinski definition) is 2. The van der Waals surface area contributed by atoms with Crippen molar-refractivity contribution < 1.29 is 41.2 Å². The number of ether oxygens (including phenoxy) is 1. The lowest BCUT2D eigenvalue weighted by molar-refractivity contribution is -0.385. The first kappa shape index (κ1) is 33.0. The van der Waals surface area contributed by atoms with Crippen LogP contribution in [-0.4, -0.2) is 44.3 Å². The second-order valence-electron chi connectivity index (χ2n) is 9.41. The van der Waals surface area contributed by atoms with Gasteiger partial charge in [-0.2, -0.15) is 22.0 Å². The molecule has 41 heavy (non-hydrogen) atoms. The van der Waals surface area contributed by atoms with Crippen molar-refractivity contribution in [2.24, 2.45) is 5.84 Å². The number of rotatable bonds is 13. The van der Waals surface area contributed by atoms with Gasteiger partial charge in [-0.1, -0.05) is 43.0 Å². The fraction of sp³-hybridized carbons (Fsp3) is 0.346. The van der Waals surface area contributed by atoms with Crippen LogP contribution in [0.5, 0.6) is 0 Å². The predicted octanol–water partition coefficient (Wildman–Crippen LogP) is 5.41. The van der Waals surface area contributed by atoms with Gasteiger partial charge in [-0.3, -0.25) is 19.7 Å². The van der Waals surface area contributed by atoms with Gasteiger partial charge in [0.2, 0.25) is 11.8 Å². The lowest BCUT2D eigenvalue weighted by atomic mass is 9.98. The molecule has 1 aromatic heterocycles. The molecule has 0 radical (unpaired) electrons. The van der Waals surface area contributed by atoms with Crippen LogP contribution < -0.4 is 11.2 Å². The van der Waals surface area contributed by atoms with Crippen molar-refractivity contribution in [3.63, 3.8) is 0 Å². The first-order chi connectivity index (χ1) is 18.9. The maximum Gasteiger partial charge on any atom is 0.420 e. The number of anilines is 1. The number of nitrogens with one attached hydrogen (secondary N) is 1. The molecule has 10 nitrogen and oxygen atoms in total. The largest absolute Gasteiger partial charge is 0.420 e. The molecule has 0 saturated heterocycles. The van der Waals surface area contributed by atoms with Crippen molar-refractivity contribution in [2.45, 2.75) is 57.0 Å². The number of nitrogens with two attached hydrogens (primary N) is 1. The van der Waals surface area contributed by atoms with E-state index < -0.39 is 74.9 Å². The number of allylic oxidation sites excluding steroid dienone is 1. The number of carbonyl (C=O) groups is 2. The highest BCUT2D eigenvalue weighted by atomic mass is 19.4. The Hall–Kier alpha value is -4.24. The van der Waals surface area contributed by atoms with Gasteiger partial charge in [-0.25, -0.2) is 15.8 Å². The number of alkyl halides is 5. The van der Waals surface area contributed by atoms with Gasteiger partial charge in [0.05, 0.1) is 11.5 Å². The Morgan fingerprint density at radius 2 is 1.80 bits per heavy atom. The quantitative estimate of drug-likeness (QED) is 0.0794. The fourth-order valence-corrected chi connectivity index (χ4v) is 3.50. The van der Waals surface area contributed by atoms with Crippen LogP contribution in [0.15, 0.2) is 61.7 Å². The van der Waals surface area contributed by atoms with E-state index in [9.17, 15) is 41.7 Å². The first-order valence-electron chi connectivity index (χ1n) is 11.9. The second kappa shape index (κ2) is 13.0. The molecule has 1 aromatic carbocycles. The van der Waals surface area contributed by atoms with E-state index in [1.807, 2.05) is 0 Å². The Morgan fingerprint density at radius 3 is 2.32 bits per heavy atom. The third-order valence-electron chi connectivity index (χ3n) is 5.70. The van der Waals surface area contributed by atoms with Crippen LogP contribution in [0.2, 0.25) is 0 Å². The molecule has 2 rings (SSSR count). The smallest absolute Gasteiger partial charge is 0.365 e. The number of hydrogen-bond acceptors (Lipinski definition) is 8. The monoisotopic (exact) mass is 585 g/mol.